The maximum absolute atomic E-state index is 12.6. The van der Waals surface area contributed by atoms with Crippen molar-refractivity contribution in [1.29, 1.82) is 0 Å². The van der Waals surface area contributed by atoms with Crippen LogP contribution in [-0.2, 0) is 17.6 Å². The lowest BCUT2D eigenvalue weighted by Crippen LogP contribution is -2.34. The van der Waals surface area contributed by atoms with Gasteiger partial charge in [0.15, 0.2) is 0 Å². The van der Waals surface area contributed by atoms with Crippen LogP contribution in [0.2, 0.25) is 0 Å². The molecule has 7 heteroatoms. The van der Waals surface area contributed by atoms with Crippen molar-refractivity contribution in [2.24, 2.45) is 0 Å². The third-order valence-electron chi connectivity index (χ3n) is 4.63. The van der Waals surface area contributed by atoms with Gasteiger partial charge in [0.1, 0.15) is 17.3 Å². The molecule has 0 bridgehead atoms. The minimum atomic E-state index is -0.848. The van der Waals surface area contributed by atoms with Gasteiger partial charge in [-0.05, 0) is 43.9 Å². The third-order valence-corrected chi connectivity index (χ3v) is 4.63. The van der Waals surface area contributed by atoms with E-state index >= 15 is 0 Å². The Morgan fingerprint density at radius 3 is 2.88 bits per heavy atom. The van der Waals surface area contributed by atoms with Gasteiger partial charge in [0, 0.05) is 11.5 Å². The van der Waals surface area contributed by atoms with Crippen molar-refractivity contribution in [2.75, 3.05) is 5.32 Å². The molecule has 26 heavy (non-hydrogen) atoms. The van der Waals surface area contributed by atoms with E-state index in [9.17, 15) is 14.4 Å². The maximum atomic E-state index is 12.6. The van der Waals surface area contributed by atoms with Crippen LogP contribution in [0.3, 0.4) is 0 Å². The molecule has 1 aromatic carbocycles. The first-order valence-electron chi connectivity index (χ1n) is 8.48. The van der Waals surface area contributed by atoms with Crippen LogP contribution < -0.4 is 16.5 Å². The number of aryl methyl sites for hydroxylation is 2. The summed E-state index contributed by atoms with van der Waals surface area (Å²) in [6.07, 6.45) is 2.61. The van der Waals surface area contributed by atoms with Crippen LogP contribution in [0.5, 0.6) is 0 Å². The number of rotatable bonds is 3. The molecule has 2 heterocycles. The van der Waals surface area contributed by atoms with E-state index in [4.69, 9.17) is 4.42 Å². The predicted octanol–water partition coefficient (Wildman–Crippen LogP) is 2.04. The van der Waals surface area contributed by atoms with Crippen molar-refractivity contribution in [3.63, 3.8) is 0 Å². The summed E-state index contributed by atoms with van der Waals surface area (Å²) in [7, 11) is 0. The number of hydrogen-bond acceptors (Lipinski definition) is 5. The fraction of sp³-hybridized carbons (Fsp3) is 0.263. The number of hydrogen-bond donors (Lipinski definition) is 1. The van der Waals surface area contributed by atoms with Crippen LogP contribution in [0.1, 0.15) is 30.6 Å². The number of para-hydroxylation sites is 1. The van der Waals surface area contributed by atoms with Gasteiger partial charge < -0.3 is 9.73 Å². The van der Waals surface area contributed by atoms with E-state index in [0.29, 0.717) is 11.0 Å². The zero-order valence-electron chi connectivity index (χ0n) is 14.2. The highest BCUT2D eigenvalue weighted by molar-refractivity contribution is 5.94. The van der Waals surface area contributed by atoms with Crippen LogP contribution in [-0.4, -0.2) is 15.7 Å². The van der Waals surface area contributed by atoms with Gasteiger partial charge in [0.2, 0.25) is 5.91 Å². The van der Waals surface area contributed by atoms with E-state index in [1.165, 1.54) is 4.68 Å². The van der Waals surface area contributed by atoms with Crippen LogP contribution in [0.4, 0.5) is 5.69 Å². The van der Waals surface area contributed by atoms with E-state index in [-0.39, 0.29) is 11.2 Å². The van der Waals surface area contributed by atoms with E-state index in [2.05, 4.69) is 10.4 Å². The Bertz CT molecular complexity index is 1130. The number of nitrogens with zero attached hydrogens (tertiary/aromatic N) is 2. The molecular weight excluding hydrogens is 334 g/mol. The molecule has 0 fully saturated rings. The molecule has 1 N–H and O–H groups in total. The molecule has 132 valence electrons. The summed E-state index contributed by atoms with van der Waals surface area (Å²) in [6.45, 7) is 1.58. The van der Waals surface area contributed by atoms with E-state index in [1.54, 1.807) is 37.3 Å². The van der Waals surface area contributed by atoms with Crippen molar-refractivity contribution in [3.05, 3.63) is 68.4 Å². The Morgan fingerprint density at radius 1 is 1.23 bits per heavy atom. The number of nitrogens with one attached hydrogen (secondary N) is 1. The molecule has 1 aliphatic rings. The molecule has 2 aromatic heterocycles. The number of fused-ring (bicyclic) bond motifs is 2. The van der Waals surface area contributed by atoms with Crippen molar-refractivity contribution in [3.8, 4) is 0 Å². The van der Waals surface area contributed by atoms with Gasteiger partial charge in [-0.2, -0.15) is 5.10 Å². The number of benzene rings is 1. The number of carbonyl (C=O) groups excluding carboxylic acids is 1. The Balaban J connectivity index is 1.63. The summed E-state index contributed by atoms with van der Waals surface area (Å²) >= 11 is 0. The molecule has 4 rings (SSSR count). The fourth-order valence-corrected chi connectivity index (χ4v) is 3.19. The van der Waals surface area contributed by atoms with Crippen molar-refractivity contribution < 1.29 is 9.21 Å². The van der Waals surface area contributed by atoms with Crippen LogP contribution >= 0.6 is 0 Å². The average molecular weight is 351 g/mol. The predicted molar refractivity (Wildman–Crippen MR) is 96.3 cm³/mol. The molecule has 0 aliphatic heterocycles. The highest BCUT2D eigenvalue weighted by atomic mass is 16.4. The van der Waals surface area contributed by atoms with Crippen LogP contribution in [0, 0.1) is 0 Å². The minimum Gasteiger partial charge on any atom is -0.421 e. The second kappa shape index (κ2) is 6.25. The van der Waals surface area contributed by atoms with Gasteiger partial charge in [-0.3, -0.25) is 9.59 Å². The molecule has 0 saturated heterocycles. The van der Waals surface area contributed by atoms with Crippen LogP contribution in [0.15, 0.2) is 50.4 Å². The van der Waals surface area contributed by atoms with Gasteiger partial charge in [0.25, 0.3) is 5.56 Å². The normalized spacial score (nSPS) is 14.2. The monoisotopic (exact) mass is 351 g/mol. The van der Waals surface area contributed by atoms with E-state index in [0.717, 1.165) is 30.5 Å². The summed E-state index contributed by atoms with van der Waals surface area (Å²) in [5.74, 6) is -0.500. The van der Waals surface area contributed by atoms with Gasteiger partial charge in [-0.25, -0.2) is 9.48 Å². The number of amides is 1. The summed E-state index contributed by atoms with van der Waals surface area (Å²) in [6, 6.07) is 9.29. The van der Waals surface area contributed by atoms with Gasteiger partial charge in [0.05, 0.1) is 5.69 Å². The van der Waals surface area contributed by atoms with Gasteiger partial charge in [-0.1, -0.05) is 18.2 Å². The molecule has 1 atom stereocenters. The highest BCUT2D eigenvalue weighted by Crippen LogP contribution is 2.19. The lowest BCUT2D eigenvalue weighted by molar-refractivity contribution is -0.119. The summed E-state index contributed by atoms with van der Waals surface area (Å²) in [5.41, 5.74) is 1.33. The molecular formula is C19H17N3O4. The molecule has 7 nitrogen and oxygen atoms in total. The Kier molecular flexibility index (Phi) is 3.91. The molecule has 0 spiro atoms. The fourth-order valence-electron chi connectivity index (χ4n) is 3.19. The quantitative estimate of drug-likeness (QED) is 0.729. The lowest BCUT2D eigenvalue weighted by Gasteiger charge is -2.14. The number of carbonyl (C=O) groups is 1. The van der Waals surface area contributed by atoms with Crippen molar-refractivity contribution in [1.82, 2.24) is 9.78 Å². The largest absolute Gasteiger partial charge is 0.421 e. The first-order chi connectivity index (χ1) is 12.5. The maximum Gasteiger partial charge on any atom is 0.360 e. The number of aromatic nitrogens is 2. The van der Waals surface area contributed by atoms with Gasteiger partial charge in [-0.15, -0.1) is 0 Å². The van der Waals surface area contributed by atoms with Crippen molar-refractivity contribution >= 4 is 22.6 Å². The summed E-state index contributed by atoms with van der Waals surface area (Å²) < 4.78 is 6.38. The second-order valence-corrected chi connectivity index (χ2v) is 6.40. The Hall–Kier alpha value is -3.22. The molecule has 1 amide bonds. The average Bonchev–Trinajstić information content (AvgIpc) is 3.08. The first-order valence-corrected chi connectivity index (χ1v) is 8.48. The molecule has 3 aromatic rings. The Morgan fingerprint density at radius 2 is 2.04 bits per heavy atom. The topological polar surface area (TPSA) is 94.2 Å². The summed E-state index contributed by atoms with van der Waals surface area (Å²) in [5, 5.41) is 7.58. The van der Waals surface area contributed by atoms with Crippen molar-refractivity contribution in [2.45, 2.75) is 32.2 Å². The molecule has 0 saturated carbocycles. The molecule has 0 radical (unpaired) electrons. The second-order valence-electron chi connectivity index (χ2n) is 6.40. The molecule has 1 unspecified atom stereocenters. The number of anilines is 1. The Labute approximate surface area is 148 Å². The first kappa shape index (κ1) is 16.3. The molecule has 1 aliphatic carbocycles. The SMILES string of the molecule is CC(C(=O)Nc1cc2ccccc2oc1=O)n1nc2c(cc1=O)CCC2. The van der Waals surface area contributed by atoms with E-state index in [1.807, 2.05) is 6.07 Å². The zero-order valence-corrected chi connectivity index (χ0v) is 14.2. The zero-order chi connectivity index (χ0) is 18.3. The smallest absolute Gasteiger partial charge is 0.360 e. The minimum absolute atomic E-state index is 0.0368. The van der Waals surface area contributed by atoms with Crippen LogP contribution in [0.25, 0.3) is 11.0 Å². The van der Waals surface area contributed by atoms with E-state index < -0.39 is 17.6 Å². The van der Waals surface area contributed by atoms with Gasteiger partial charge >= 0.3 is 5.63 Å². The lowest BCUT2D eigenvalue weighted by atomic mass is 10.2. The standard InChI is InChI=1S/C19H17N3O4/c1-11(22-17(23)10-12-6-4-7-14(12)21-22)18(24)20-15-9-13-5-2-3-8-16(13)26-19(15)25/h2-3,5,8-11H,4,6-7H2,1H3,(H,20,24). The summed E-state index contributed by atoms with van der Waals surface area (Å²) in [4.78, 5) is 36.9. The highest BCUT2D eigenvalue weighted by Gasteiger charge is 2.22. The third kappa shape index (κ3) is 2.81.